The average Bonchev–Trinajstić information content (AvgIpc) is 2.95. The Labute approximate surface area is 121 Å². The third-order valence-electron chi connectivity index (χ3n) is 2.52. The fourth-order valence-corrected chi connectivity index (χ4v) is 3.61. The molecule has 0 aliphatic carbocycles. The summed E-state index contributed by atoms with van der Waals surface area (Å²) in [5.74, 6) is 0.466. The Kier molecular flexibility index (Phi) is 4.31. The summed E-state index contributed by atoms with van der Waals surface area (Å²) < 4.78 is 0. The molecule has 0 saturated carbocycles. The Hall–Kier alpha value is -1.27. The number of hydrogen-bond donors (Lipinski definition) is 0. The second-order valence-electron chi connectivity index (χ2n) is 4.93. The zero-order chi connectivity index (χ0) is 14.0. The maximum Gasteiger partial charge on any atom is 0.273 e. The lowest BCUT2D eigenvalue weighted by Gasteiger charge is -2.10. The first-order valence-corrected chi connectivity index (χ1v) is 7.80. The molecule has 2 heterocycles. The number of aromatic nitrogens is 2. The molecule has 2 aromatic heterocycles. The molecule has 0 saturated heterocycles. The second kappa shape index (κ2) is 5.79. The third kappa shape index (κ3) is 3.19. The minimum absolute atomic E-state index is 0.0327. The zero-order valence-electron chi connectivity index (χ0n) is 11.5. The van der Waals surface area contributed by atoms with Gasteiger partial charge in [-0.05, 0) is 12.3 Å². The Morgan fingerprint density at radius 3 is 2.63 bits per heavy atom. The summed E-state index contributed by atoms with van der Waals surface area (Å²) in [6, 6.07) is 0. The lowest BCUT2D eigenvalue weighted by atomic mass is 10.1. The first kappa shape index (κ1) is 14.1. The molecule has 6 heteroatoms. The van der Waals surface area contributed by atoms with Gasteiger partial charge in [-0.15, -0.1) is 22.7 Å². The van der Waals surface area contributed by atoms with Crippen molar-refractivity contribution in [3.63, 3.8) is 0 Å². The summed E-state index contributed by atoms with van der Waals surface area (Å²) in [5, 5.41) is 3.65. The van der Waals surface area contributed by atoms with Crippen LogP contribution in [-0.4, -0.2) is 34.9 Å². The van der Waals surface area contributed by atoms with Gasteiger partial charge in [0.2, 0.25) is 0 Å². The van der Waals surface area contributed by atoms with Crippen molar-refractivity contribution < 1.29 is 4.79 Å². The van der Waals surface area contributed by atoms with Crippen LogP contribution in [0.4, 0.5) is 0 Å². The normalized spacial score (nSPS) is 11.0. The molecule has 0 fully saturated rings. The largest absolute Gasteiger partial charge is 0.343 e. The Balaban J connectivity index is 2.42. The van der Waals surface area contributed by atoms with Gasteiger partial charge in [-0.3, -0.25) is 4.79 Å². The van der Waals surface area contributed by atoms with Crippen molar-refractivity contribution in [3.8, 4) is 10.0 Å². The second-order valence-corrected chi connectivity index (χ2v) is 6.90. The van der Waals surface area contributed by atoms with Crippen molar-refractivity contribution in [2.24, 2.45) is 5.92 Å². The standard InChI is InChI=1S/C13H17N3OS2/c1-8(2)7-9-10(13(17)16(3)4)15-12(19-9)11-14-5-6-18-11/h5-6,8H,7H2,1-4H3. The number of thiazole rings is 2. The van der Waals surface area contributed by atoms with Gasteiger partial charge in [0, 0.05) is 30.5 Å². The Morgan fingerprint density at radius 1 is 1.37 bits per heavy atom. The molecule has 1 amide bonds. The van der Waals surface area contributed by atoms with E-state index in [9.17, 15) is 4.79 Å². The van der Waals surface area contributed by atoms with Crippen LogP contribution in [0.5, 0.6) is 0 Å². The quantitative estimate of drug-likeness (QED) is 0.870. The Morgan fingerprint density at radius 2 is 2.11 bits per heavy atom. The Bertz CT molecular complexity index is 558. The number of amides is 1. The van der Waals surface area contributed by atoms with E-state index in [-0.39, 0.29) is 5.91 Å². The van der Waals surface area contributed by atoms with Crippen LogP contribution in [0.25, 0.3) is 10.0 Å². The molecule has 0 radical (unpaired) electrons. The minimum Gasteiger partial charge on any atom is -0.343 e. The molecular formula is C13H17N3OS2. The molecule has 102 valence electrons. The number of carbonyl (C=O) groups excluding carboxylic acids is 1. The summed E-state index contributed by atoms with van der Waals surface area (Å²) in [6.45, 7) is 4.29. The van der Waals surface area contributed by atoms with Gasteiger partial charge in [-0.25, -0.2) is 9.97 Å². The van der Waals surface area contributed by atoms with Gasteiger partial charge < -0.3 is 4.90 Å². The highest BCUT2D eigenvalue weighted by Gasteiger charge is 2.21. The van der Waals surface area contributed by atoms with E-state index in [0.29, 0.717) is 11.6 Å². The average molecular weight is 295 g/mol. The lowest BCUT2D eigenvalue weighted by molar-refractivity contribution is 0.0821. The van der Waals surface area contributed by atoms with E-state index in [1.54, 1.807) is 47.9 Å². The number of carbonyl (C=O) groups is 1. The molecule has 2 aromatic rings. The molecule has 0 aromatic carbocycles. The number of nitrogens with zero attached hydrogens (tertiary/aromatic N) is 3. The van der Waals surface area contributed by atoms with E-state index in [0.717, 1.165) is 21.3 Å². The van der Waals surface area contributed by atoms with E-state index < -0.39 is 0 Å². The predicted octanol–water partition coefficient (Wildman–Crippen LogP) is 3.17. The van der Waals surface area contributed by atoms with Gasteiger partial charge in [0.1, 0.15) is 5.69 Å². The van der Waals surface area contributed by atoms with Crippen LogP contribution in [0.3, 0.4) is 0 Å². The van der Waals surface area contributed by atoms with E-state index in [1.807, 2.05) is 5.38 Å². The van der Waals surface area contributed by atoms with Crippen LogP contribution in [0.2, 0.25) is 0 Å². The van der Waals surface area contributed by atoms with Gasteiger partial charge in [-0.1, -0.05) is 13.8 Å². The fraction of sp³-hybridized carbons (Fsp3) is 0.462. The van der Waals surface area contributed by atoms with Crippen LogP contribution >= 0.6 is 22.7 Å². The minimum atomic E-state index is -0.0327. The first-order chi connectivity index (χ1) is 8.99. The van der Waals surface area contributed by atoms with Crippen molar-refractivity contribution in [3.05, 3.63) is 22.1 Å². The molecule has 0 unspecified atom stereocenters. The number of hydrogen-bond acceptors (Lipinski definition) is 5. The molecule has 4 nitrogen and oxygen atoms in total. The lowest BCUT2D eigenvalue weighted by Crippen LogP contribution is -2.23. The molecule has 2 rings (SSSR count). The highest BCUT2D eigenvalue weighted by atomic mass is 32.1. The zero-order valence-corrected chi connectivity index (χ0v) is 13.1. The number of rotatable bonds is 4. The van der Waals surface area contributed by atoms with E-state index in [4.69, 9.17) is 0 Å². The SMILES string of the molecule is CC(C)Cc1sc(-c2nccs2)nc1C(=O)N(C)C. The third-order valence-corrected chi connectivity index (χ3v) is 4.51. The highest BCUT2D eigenvalue weighted by Crippen LogP contribution is 2.31. The first-order valence-electron chi connectivity index (χ1n) is 6.10. The van der Waals surface area contributed by atoms with E-state index in [2.05, 4.69) is 23.8 Å². The van der Waals surface area contributed by atoms with Gasteiger partial charge in [0.05, 0.1) is 0 Å². The molecule has 0 atom stereocenters. The molecule has 0 bridgehead atoms. The summed E-state index contributed by atoms with van der Waals surface area (Å²) >= 11 is 3.13. The van der Waals surface area contributed by atoms with Gasteiger partial charge in [0.25, 0.3) is 5.91 Å². The molecule has 0 aliphatic rings. The fourth-order valence-electron chi connectivity index (χ4n) is 1.66. The highest BCUT2D eigenvalue weighted by molar-refractivity contribution is 7.20. The van der Waals surface area contributed by atoms with Crippen molar-refractivity contribution in [2.75, 3.05) is 14.1 Å². The van der Waals surface area contributed by atoms with Gasteiger partial charge >= 0.3 is 0 Å². The smallest absolute Gasteiger partial charge is 0.273 e. The molecule has 0 N–H and O–H groups in total. The predicted molar refractivity (Wildman–Crippen MR) is 79.8 cm³/mol. The summed E-state index contributed by atoms with van der Waals surface area (Å²) in [7, 11) is 3.51. The monoisotopic (exact) mass is 295 g/mol. The van der Waals surface area contributed by atoms with Crippen LogP contribution in [0, 0.1) is 5.92 Å². The van der Waals surface area contributed by atoms with Gasteiger partial charge in [0.15, 0.2) is 10.0 Å². The van der Waals surface area contributed by atoms with E-state index in [1.165, 1.54) is 0 Å². The van der Waals surface area contributed by atoms with Crippen LogP contribution in [0.1, 0.15) is 29.2 Å². The summed E-state index contributed by atoms with van der Waals surface area (Å²) in [4.78, 5) is 23.6. The van der Waals surface area contributed by atoms with Gasteiger partial charge in [-0.2, -0.15) is 0 Å². The summed E-state index contributed by atoms with van der Waals surface area (Å²) in [5.41, 5.74) is 0.578. The van der Waals surface area contributed by atoms with Crippen LogP contribution in [0.15, 0.2) is 11.6 Å². The molecule has 19 heavy (non-hydrogen) atoms. The van der Waals surface area contributed by atoms with Crippen LogP contribution in [-0.2, 0) is 6.42 Å². The van der Waals surface area contributed by atoms with E-state index >= 15 is 0 Å². The molecular weight excluding hydrogens is 278 g/mol. The topological polar surface area (TPSA) is 46.1 Å². The van der Waals surface area contributed by atoms with Crippen molar-refractivity contribution in [2.45, 2.75) is 20.3 Å². The van der Waals surface area contributed by atoms with Crippen LogP contribution < -0.4 is 0 Å². The maximum atomic E-state index is 12.2. The van der Waals surface area contributed by atoms with Crippen molar-refractivity contribution >= 4 is 28.6 Å². The van der Waals surface area contributed by atoms with Crippen molar-refractivity contribution in [1.29, 1.82) is 0 Å². The summed E-state index contributed by atoms with van der Waals surface area (Å²) in [6.07, 6.45) is 2.63. The van der Waals surface area contributed by atoms with Crippen molar-refractivity contribution in [1.82, 2.24) is 14.9 Å². The maximum absolute atomic E-state index is 12.2. The molecule has 0 aliphatic heterocycles. The molecule has 0 spiro atoms.